The smallest absolute Gasteiger partial charge is 0.255 e. The predicted molar refractivity (Wildman–Crippen MR) is 130 cm³/mol. The number of carbonyl (C=O) groups is 1. The average Bonchev–Trinajstić information content (AvgIpc) is 2.77. The maximum atomic E-state index is 12.7. The molecule has 0 aliphatic heterocycles. The van der Waals surface area contributed by atoms with Crippen molar-refractivity contribution >= 4 is 45.9 Å². The van der Waals surface area contributed by atoms with Gasteiger partial charge in [0.05, 0.1) is 10.7 Å². The molecule has 3 N–H and O–H groups in total. The summed E-state index contributed by atoms with van der Waals surface area (Å²) >= 11 is 6.19. The van der Waals surface area contributed by atoms with E-state index in [4.69, 9.17) is 11.6 Å². The first-order valence-corrected chi connectivity index (χ1v) is 10.4. The molecule has 0 aliphatic rings. The van der Waals surface area contributed by atoms with Gasteiger partial charge >= 0.3 is 0 Å². The first-order valence-electron chi connectivity index (χ1n) is 10.1. The Labute approximate surface area is 191 Å². The number of carbonyl (C=O) groups excluding carboxylic acids is 1. The molecule has 0 aliphatic carbocycles. The van der Waals surface area contributed by atoms with Gasteiger partial charge in [0.2, 0.25) is 0 Å². The molecule has 0 unspecified atom stereocenters. The van der Waals surface area contributed by atoms with Crippen molar-refractivity contribution in [2.75, 3.05) is 16.0 Å². The number of rotatable bonds is 6. The Morgan fingerprint density at radius 2 is 1.50 bits per heavy atom. The molecule has 0 fully saturated rings. The van der Waals surface area contributed by atoms with Crippen molar-refractivity contribution < 1.29 is 4.79 Å². The van der Waals surface area contributed by atoms with Gasteiger partial charge in [-0.25, -0.2) is 0 Å². The van der Waals surface area contributed by atoms with E-state index in [-0.39, 0.29) is 5.91 Å². The summed E-state index contributed by atoms with van der Waals surface area (Å²) in [5, 5.41) is 10.0. The van der Waals surface area contributed by atoms with Crippen LogP contribution in [0.3, 0.4) is 0 Å². The van der Waals surface area contributed by atoms with E-state index in [2.05, 4.69) is 25.9 Å². The molecular formula is C25H22ClN5O. The Morgan fingerprint density at radius 3 is 2.28 bits per heavy atom. The van der Waals surface area contributed by atoms with Gasteiger partial charge in [-0.1, -0.05) is 17.7 Å². The van der Waals surface area contributed by atoms with Gasteiger partial charge in [-0.2, -0.15) is 0 Å². The van der Waals surface area contributed by atoms with Gasteiger partial charge in [0.25, 0.3) is 5.91 Å². The molecule has 0 saturated carbocycles. The molecule has 0 spiro atoms. The van der Waals surface area contributed by atoms with E-state index < -0.39 is 0 Å². The van der Waals surface area contributed by atoms with Gasteiger partial charge in [-0.15, -0.1) is 0 Å². The minimum atomic E-state index is -0.189. The number of aromatic nitrogens is 2. The summed E-state index contributed by atoms with van der Waals surface area (Å²) < 4.78 is 0. The van der Waals surface area contributed by atoms with Crippen molar-refractivity contribution in [3.63, 3.8) is 0 Å². The fraction of sp³-hybridized carbons (Fsp3) is 0.0800. The van der Waals surface area contributed by atoms with Gasteiger partial charge in [-0.3, -0.25) is 14.8 Å². The summed E-state index contributed by atoms with van der Waals surface area (Å²) in [6, 6.07) is 20.5. The molecule has 0 saturated heterocycles. The monoisotopic (exact) mass is 443 g/mol. The zero-order valence-electron chi connectivity index (χ0n) is 17.7. The third-order valence-electron chi connectivity index (χ3n) is 4.72. The minimum absolute atomic E-state index is 0.189. The Hall–Kier alpha value is -3.90. The summed E-state index contributed by atoms with van der Waals surface area (Å²) in [4.78, 5) is 21.1. The second-order valence-electron chi connectivity index (χ2n) is 7.35. The Morgan fingerprint density at radius 1 is 0.781 bits per heavy atom. The number of benzene rings is 2. The number of amides is 1. The summed E-state index contributed by atoms with van der Waals surface area (Å²) in [6.07, 6.45) is 3.37. The second-order valence-corrected chi connectivity index (χ2v) is 7.76. The van der Waals surface area contributed by atoms with Crippen LogP contribution in [0.25, 0.3) is 0 Å². The predicted octanol–water partition coefficient (Wildman–Crippen LogP) is 6.49. The third kappa shape index (κ3) is 5.42. The molecule has 4 aromatic rings. The highest BCUT2D eigenvalue weighted by atomic mass is 35.5. The summed E-state index contributed by atoms with van der Waals surface area (Å²) in [5.41, 5.74) is 6.45. The maximum Gasteiger partial charge on any atom is 0.255 e. The lowest BCUT2D eigenvalue weighted by molar-refractivity contribution is 0.102. The number of nitrogens with one attached hydrogen (secondary N) is 3. The summed E-state index contributed by atoms with van der Waals surface area (Å²) in [6.45, 7) is 3.84. The number of pyridine rings is 2. The fourth-order valence-electron chi connectivity index (χ4n) is 3.17. The van der Waals surface area contributed by atoms with E-state index >= 15 is 0 Å². The number of nitrogens with zero attached hydrogens (tertiary/aromatic N) is 2. The van der Waals surface area contributed by atoms with Gasteiger partial charge in [0, 0.05) is 52.1 Å². The van der Waals surface area contributed by atoms with Crippen molar-refractivity contribution in [2.45, 2.75) is 13.8 Å². The van der Waals surface area contributed by atoms with Crippen LogP contribution in [0.5, 0.6) is 0 Å². The largest absolute Gasteiger partial charge is 0.355 e. The highest BCUT2D eigenvalue weighted by Crippen LogP contribution is 2.26. The first-order chi connectivity index (χ1) is 15.5. The Balaban J connectivity index is 1.42. The van der Waals surface area contributed by atoms with Gasteiger partial charge in [-0.05, 0) is 74.5 Å². The second kappa shape index (κ2) is 9.49. The van der Waals surface area contributed by atoms with Crippen molar-refractivity contribution in [3.05, 3.63) is 101 Å². The van der Waals surface area contributed by atoms with Gasteiger partial charge in [0.15, 0.2) is 0 Å². The molecule has 2 heterocycles. The van der Waals surface area contributed by atoms with Crippen molar-refractivity contribution in [3.8, 4) is 0 Å². The summed E-state index contributed by atoms with van der Waals surface area (Å²) in [7, 11) is 0. The Bertz CT molecular complexity index is 1260. The molecule has 7 heteroatoms. The van der Waals surface area contributed by atoms with Crippen LogP contribution in [-0.4, -0.2) is 15.9 Å². The van der Waals surface area contributed by atoms with Gasteiger partial charge < -0.3 is 16.0 Å². The van der Waals surface area contributed by atoms with Crippen LogP contribution in [-0.2, 0) is 0 Å². The van der Waals surface area contributed by atoms with Crippen LogP contribution in [0.1, 0.15) is 21.7 Å². The first kappa shape index (κ1) is 21.3. The van der Waals surface area contributed by atoms with E-state index in [9.17, 15) is 4.79 Å². The van der Waals surface area contributed by atoms with Gasteiger partial charge in [0.1, 0.15) is 0 Å². The van der Waals surface area contributed by atoms with Crippen LogP contribution >= 0.6 is 11.6 Å². The van der Waals surface area contributed by atoms with E-state index in [1.54, 1.807) is 24.5 Å². The lowest BCUT2D eigenvalue weighted by atomic mass is 10.1. The van der Waals surface area contributed by atoms with Crippen molar-refractivity contribution in [1.29, 1.82) is 0 Å². The number of hydrogen-bond acceptors (Lipinski definition) is 5. The quantitative estimate of drug-likeness (QED) is 0.317. The highest BCUT2D eigenvalue weighted by molar-refractivity contribution is 6.33. The van der Waals surface area contributed by atoms with Crippen LogP contribution in [0.2, 0.25) is 5.02 Å². The molecule has 2 aromatic carbocycles. The third-order valence-corrected chi connectivity index (χ3v) is 5.03. The van der Waals surface area contributed by atoms with Crippen molar-refractivity contribution in [2.24, 2.45) is 0 Å². The molecule has 2 aromatic heterocycles. The molecule has 4 rings (SSSR count). The number of hydrogen-bond donors (Lipinski definition) is 3. The van der Waals surface area contributed by atoms with Crippen LogP contribution in [0.15, 0.2) is 79.1 Å². The topological polar surface area (TPSA) is 78.9 Å². The van der Waals surface area contributed by atoms with E-state index in [1.807, 2.05) is 68.4 Å². The fourth-order valence-corrected chi connectivity index (χ4v) is 3.32. The highest BCUT2D eigenvalue weighted by Gasteiger charge is 2.08. The van der Waals surface area contributed by atoms with E-state index in [0.717, 1.165) is 34.1 Å². The molecule has 0 radical (unpaired) electrons. The maximum absolute atomic E-state index is 12.7. The molecule has 1 amide bonds. The normalized spacial score (nSPS) is 10.5. The molecule has 6 nitrogen and oxygen atoms in total. The van der Waals surface area contributed by atoms with Crippen LogP contribution in [0.4, 0.5) is 28.4 Å². The zero-order valence-corrected chi connectivity index (χ0v) is 18.4. The summed E-state index contributed by atoms with van der Waals surface area (Å²) in [5.74, 6) is -0.189. The lowest BCUT2D eigenvalue weighted by Crippen LogP contribution is -2.11. The minimum Gasteiger partial charge on any atom is -0.355 e. The molecular weight excluding hydrogens is 422 g/mol. The van der Waals surface area contributed by atoms with Crippen LogP contribution in [0, 0.1) is 13.8 Å². The number of halogens is 1. The van der Waals surface area contributed by atoms with E-state index in [1.165, 1.54) is 0 Å². The zero-order chi connectivity index (χ0) is 22.5. The average molecular weight is 444 g/mol. The standard InChI is InChI=1S/C25H22ClN5O/c1-16-12-22(10-11-27-16)29-20-4-3-5-21(14-20)31-25(32)18-6-8-19(9-7-18)30-24-13-17(2)28-15-23(24)26/h3-15H,1-2H3,(H,27,29)(H,28,30)(H,31,32). The number of aryl methyl sites for hydroxylation is 2. The van der Waals surface area contributed by atoms with E-state index in [0.29, 0.717) is 16.3 Å². The van der Waals surface area contributed by atoms with Crippen molar-refractivity contribution in [1.82, 2.24) is 9.97 Å². The molecule has 32 heavy (non-hydrogen) atoms. The molecule has 0 atom stereocenters. The molecule has 160 valence electrons. The Kier molecular flexibility index (Phi) is 6.33. The lowest BCUT2D eigenvalue weighted by Gasteiger charge is -2.11. The van der Waals surface area contributed by atoms with Crippen LogP contribution < -0.4 is 16.0 Å². The number of anilines is 5. The SMILES string of the molecule is Cc1cc(Nc2cccc(NC(=O)c3ccc(Nc4cc(C)ncc4Cl)cc3)c2)ccn1. The molecule has 0 bridgehead atoms.